The van der Waals surface area contributed by atoms with E-state index in [2.05, 4.69) is 12.2 Å². The van der Waals surface area contributed by atoms with E-state index >= 15 is 0 Å². The van der Waals surface area contributed by atoms with Crippen LogP contribution in [-0.2, 0) is 0 Å². The lowest BCUT2D eigenvalue weighted by Crippen LogP contribution is -2.25. The summed E-state index contributed by atoms with van der Waals surface area (Å²) in [5, 5.41) is 2.75. The van der Waals surface area contributed by atoms with Gasteiger partial charge in [0.2, 0.25) is 0 Å². The Kier molecular flexibility index (Phi) is 7.05. The topological polar surface area (TPSA) is 55.1 Å². The predicted molar refractivity (Wildman–Crippen MR) is 81.3 cm³/mol. The van der Waals surface area contributed by atoms with Crippen LogP contribution in [-0.4, -0.2) is 12.5 Å². The maximum absolute atomic E-state index is 13.8. The minimum Gasteiger partial charge on any atom is -0.399 e. The molecule has 20 heavy (non-hydrogen) atoms. The van der Waals surface area contributed by atoms with Crippen LogP contribution in [0.25, 0.3) is 0 Å². The van der Waals surface area contributed by atoms with Crippen molar-refractivity contribution in [3.63, 3.8) is 0 Å². The Morgan fingerprint density at radius 2 is 1.85 bits per heavy atom. The largest absolute Gasteiger partial charge is 0.399 e. The van der Waals surface area contributed by atoms with E-state index in [9.17, 15) is 9.18 Å². The summed E-state index contributed by atoms with van der Waals surface area (Å²) in [6.45, 7) is 4.37. The average Bonchev–Trinajstić information content (AvgIpc) is 2.41. The first kappa shape index (κ1) is 16.5. The number of carbonyl (C=O) groups is 1. The Morgan fingerprint density at radius 3 is 2.55 bits per heavy atom. The highest BCUT2D eigenvalue weighted by atomic mass is 19.1. The number of rotatable bonds is 8. The maximum Gasteiger partial charge on any atom is 0.254 e. The van der Waals surface area contributed by atoms with Crippen LogP contribution >= 0.6 is 0 Å². The molecule has 0 aliphatic carbocycles. The van der Waals surface area contributed by atoms with Crippen molar-refractivity contribution in [2.24, 2.45) is 0 Å². The monoisotopic (exact) mass is 280 g/mol. The molecule has 3 N–H and O–H groups in total. The molecular weight excluding hydrogens is 255 g/mol. The Hall–Kier alpha value is -1.58. The lowest BCUT2D eigenvalue weighted by Gasteiger charge is -2.08. The van der Waals surface area contributed by atoms with Gasteiger partial charge < -0.3 is 11.1 Å². The lowest BCUT2D eigenvalue weighted by molar-refractivity contribution is 0.0948. The number of anilines is 1. The zero-order chi connectivity index (χ0) is 15.0. The van der Waals surface area contributed by atoms with Gasteiger partial charge in [-0.25, -0.2) is 4.39 Å². The summed E-state index contributed by atoms with van der Waals surface area (Å²) in [5.41, 5.74) is 6.49. The molecule has 0 unspecified atom stereocenters. The number of amides is 1. The summed E-state index contributed by atoms with van der Waals surface area (Å²) in [7, 11) is 0. The van der Waals surface area contributed by atoms with Crippen molar-refractivity contribution in [3.8, 4) is 0 Å². The number of aryl methyl sites for hydroxylation is 1. The van der Waals surface area contributed by atoms with Crippen LogP contribution in [0.1, 0.15) is 61.4 Å². The molecule has 0 saturated heterocycles. The molecule has 0 radical (unpaired) electrons. The molecule has 1 aromatic rings. The summed E-state index contributed by atoms with van der Waals surface area (Å²) in [4.78, 5) is 11.9. The SMILES string of the molecule is CCCCCCCCNC(=O)c1cc(N)cc(C)c1F. The molecule has 0 aliphatic heterocycles. The van der Waals surface area contributed by atoms with Crippen LogP contribution in [0.2, 0.25) is 0 Å². The molecule has 1 amide bonds. The molecule has 0 spiro atoms. The molecular formula is C16H25FN2O. The van der Waals surface area contributed by atoms with Crippen LogP contribution in [0.3, 0.4) is 0 Å². The van der Waals surface area contributed by atoms with E-state index in [-0.39, 0.29) is 11.5 Å². The number of nitrogen functional groups attached to an aromatic ring is 1. The van der Waals surface area contributed by atoms with Gasteiger partial charge in [0.05, 0.1) is 5.56 Å². The van der Waals surface area contributed by atoms with E-state index in [1.165, 1.54) is 37.8 Å². The zero-order valence-electron chi connectivity index (χ0n) is 12.5. The maximum atomic E-state index is 13.8. The van der Waals surface area contributed by atoms with Gasteiger partial charge in [-0.2, -0.15) is 0 Å². The molecule has 0 heterocycles. The quantitative estimate of drug-likeness (QED) is 0.562. The molecule has 0 saturated carbocycles. The summed E-state index contributed by atoms with van der Waals surface area (Å²) in [6, 6.07) is 2.92. The van der Waals surface area contributed by atoms with Gasteiger partial charge in [0.25, 0.3) is 5.91 Å². The average molecular weight is 280 g/mol. The third-order valence-corrected chi connectivity index (χ3v) is 3.34. The van der Waals surface area contributed by atoms with Gasteiger partial charge in [-0.1, -0.05) is 39.0 Å². The first-order valence-corrected chi connectivity index (χ1v) is 7.40. The van der Waals surface area contributed by atoms with E-state index in [1.54, 1.807) is 6.92 Å². The molecule has 1 rings (SSSR count). The van der Waals surface area contributed by atoms with Crippen molar-refractivity contribution >= 4 is 11.6 Å². The van der Waals surface area contributed by atoms with Crippen LogP contribution in [0.4, 0.5) is 10.1 Å². The number of benzene rings is 1. The number of hydrogen-bond donors (Lipinski definition) is 2. The van der Waals surface area contributed by atoms with Crippen molar-refractivity contribution < 1.29 is 9.18 Å². The van der Waals surface area contributed by atoms with Gasteiger partial charge in [0.15, 0.2) is 0 Å². The first-order valence-electron chi connectivity index (χ1n) is 7.40. The summed E-state index contributed by atoms with van der Waals surface area (Å²) < 4.78 is 13.8. The van der Waals surface area contributed by atoms with E-state index in [0.717, 1.165) is 12.8 Å². The van der Waals surface area contributed by atoms with Gasteiger partial charge in [-0.3, -0.25) is 4.79 Å². The molecule has 0 bridgehead atoms. The summed E-state index contributed by atoms with van der Waals surface area (Å²) >= 11 is 0. The molecule has 112 valence electrons. The fourth-order valence-corrected chi connectivity index (χ4v) is 2.17. The van der Waals surface area contributed by atoms with Crippen LogP contribution in [0, 0.1) is 12.7 Å². The number of hydrogen-bond acceptors (Lipinski definition) is 2. The van der Waals surface area contributed by atoms with Crippen molar-refractivity contribution in [1.29, 1.82) is 0 Å². The van der Waals surface area contributed by atoms with Crippen molar-refractivity contribution in [1.82, 2.24) is 5.32 Å². The number of halogens is 1. The van der Waals surface area contributed by atoms with Crippen LogP contribution < -0.4 is 11.1 Å². The second-order valence-electron chi connectivity index (χ2n) is 5.22. The third-order valence-electron chi connectivity index (χ3n) is 3.34. The number of unbranched alkanes of at least 4 members (excludes halogenated alkanes) is 5. The summed E-state index contributed by atoms with van der Waals surface area (Å²) in [6.07, 6.45) is 6.95. The van der Waals surface area contributed by atoms with E-state index in [0.29, 0.717) is 17.8 Å². The fourth-order valence-electron chi connectivity index (χ4n) is 2.17. The highest BCUT2D eigenvalue weighted by molar-refractivity contribution is 5.95. The highest BCUT2D eigenvalue weighted by Crippen LogP contribution is 2.17. The molecule has 4 heteroatoms. The number of nitrogens with two attached hydrogens (primary N) is 1. The lowest BCUT2D eigenvalue weighted by atomic mass is 10.1. The Balaban J connectivity index is 2.36. The van der Waals surface area contributed by atoms with Gasteiger partial charge in [-0.05, 0) is 31.0 Å². The zero-order valence-corrected chi connectivity index (χ0v) is 12.5. The standard InChI is InChI=1S/C16H25FN2O/c1-3-4-5-6-7-8-9-19-16(20)14-11-13(18)10-12(2)15(14)17/h10-11H,3-9,18H2,1-2H3,(H,19,20). The Bertz CT molecular complexity index is 446. The third kappa shape index (κ3) is 5.19. The first-order chi connectivity index (χ1) is 9.56. The molecule has 3 nitrogen and oxygen atoms in total. The van der Waals surface area contributed by atoms with Crippen LogP contribution in [0.15, 0.2) is 12.1 Å². The minimum absolute atomic E-state index is 0.0356. The van der Waals surface area contributed by atoms with Crippen molar-refractivity contribution in [2.75, 3.05) is 12.3 Å². The second kappa shape index (κ2) is 8.56. The smallest absolute Gasteiger partial charge is 0.254 e. The summed E-state index contributed by atoms with van der Waals surface area (Å²) in [5.74, 6) is -0.869. The fraction of sp³-hybridized carbons (Fsp3) is 0.562. The van der Waals surface area contributed by atoms with Crippen LogP contribution in [0.5, 0.6) is 0 Å². The number of carbonyl (C=O) groups excluding carboxylic acids is 1. The Morgan fingerprint density at radius 1 is 1.20 bits per heavy atom. The van der Waals surface area contributed by atoms with Gasteiger partial charge in [0.1, 0.15) is 5.82 Å². The van der Waals surface area contributed by atoms with Crippen molar-refractivity contribution in [3.05, 3.63) is 29.1 Å². The number of nitrogens with one attached hydrogen (secondary N) is 1. The molecule has 1 aromatic carbocycles. The van der Waals surface area contributed by atoms with Gasteiger partial charge in [-0.15, -0.1) is 0 Å². The molecule has 0 atom stereocenters. The minimum atomic E-state index is -0.486. The van der Waals surface area contributed by atoms with Gasteiger partial charge in [0, 0.05) is 12.2 Å². The molecule has 0 aliphatic rings. The normalized spacial score (nSPS) is 10.6. The molecule has 0 fully saturated rings. The highest BCUT2D eigenvalue weighted by Gasteiger charge is 2.13. The second-order valence-corrected chi connectivity index (χ2v) is 5.22. The van der Waals surface area contributed by atoms with Crippen molar-refractivity contribution in [2.45, 2.75) is 52.4 Å². The Labute approximate surface area is 120 Å². The van der Waals surface area contributed by atoms with Gasteiger partial charge >= 0.3 is 0 Å². The van der Waals surface area contributed by atoms with E-state index < -0.39 is 5.82 Å². The predicted octanol–water partition coefficient (Wildman–Crippen LogP) is 3.81. The van der Waals surface area contributed by atoms with E-state index in [4.69, 9.17) is 5.73 Å². The van der Waals surface area contributed by atoms with E-state index in [1.807, 2.05) is 0 Å². The molecule has 0 aromatic heterocycles.